The molecule has 0 saturated carbocycles. The molecule has 1 atom stereocenters. The highest BCUT2D eigenvalue weighted by atomic mass is 16.5. The molecule has 0 aliphatic rings. The molecule has 108 valence electrons. The second-order valence-electron chi connectivity index (χ2n) is 5.02. The van der Waals surface area contributed by atoms with E-state index in [0.717, 1.165) is 37.1 Å². The van der Waals surface area contributed by atoms with Crippen LogP contribution in [0.4, 0.5) is 0 Å². The van der Waals surface area contributed by atoms with Gasteiger partial charge in [-0.15, -0.1) is 0 Å². The van der Waals surface area contributed by atoms with E-state index >= 15 is 0 Å². The monoisotopic (exact) mass is 272 g/mol. The maximum absolute atomic E-state index is 6.41. The van der Waals surface area contributed by atoms with E-state index in [2.05, 4.69) is 18.2 Å². The third kappa shape index (κ3) is 3.30. The van der Waals surface area contributed by atoms with Crippen molar-refractivity contribution in [1.29, 1.82) is 0 Å². The Morgan fingerprint density at radius 2 is 1.90 bits per heavy atom. The summed E-state index contributed by atoms with van der Waals surface area (Å²) < 4.78 is 5.77. The van der Waals surface area contributed by atoms with Crippen LogP contribution in [0.25, 0.3) is 10.8 Å². The average Bonchev–Trinajstić information content (AvgIpc) is 2.47. The standard InChI is InChI=1S/C17H24N2O/c1-2-20-16-11-10-13-7-3-4-8-14(13)17(16)15(19)9-5-6-12-18/h3-4,7-8,10-11,15H,2,5-6,9,12,18-19H2,1H3/t15-/m0/s1. The molecule has 0 aromatic heterocycles. The number of nitrogens with two attached hydrogens (primary N) is 2. The Hall–Kier alpha value is -1.58. The van der Waals surface area contributed by atoms with Gasteiger partial charge in [-0.25, -0.2) is 0 Å². The first-order valence-electron chi connectivity index (χ1n) is 7.38. The minimum atomic E-state index is -0.00537. The molecule has 3 nitrogen and oxygen atoms in total. The Bertz CT molecular complexity index is 554. The Labute approximate surface area is 120 Å². The van der Waals surface area contributed by atoms with Crippen LogP contribution in [0.2, 0.25) is 0 Å². The molecule has 0 bridgehead atoms. The number of hydrogen-bond acceptors (Lipinski definition) is 3. The lowest BCUT2D eigenvalue weighted by molar-refractivity contribution is 0.334. The van der Waals surface area contributed by atoms with Crippen LogP contribution in [0, 0.1) is 0 Å². The first-order valence-corrected chi connectivity index (χ1v) is 7.38. The second-order valence-corrected chi connectivity index (χ2v) is 5.02. The quantitative estimate of drug-likeness (QED) is 0.760. The van der Waals surface area contributed by atoms with Gasteiger partial charge in [-0.1, -0.05) is 36.8 Å². The van der Waals surface area contributed by atoms with Crippen molar-refractivity contribution in [2.75, 3.05) is 13.2 Å². The molecule has 0 aliphatic carbocycles. The molecule has 0 fully saturated rings. The third-order valence-corrected chi connectivity index (χ3v) is 3.57. The minimum absolute atomic E-state index is 0.00537. The highest BCUT2D eigenvalue weighted by Gasteiger charge is 2.15. The van der Waals surface area contributed by atoms with Gasteiger partial charge in [0.25, 0.3) is 0 Å². The summed E-state index contributed by atoms with van der Waals surface area (Å²) >= 11 is 0. The Balaban J connectivity index is 2.38. The van der Waals surface area contributed by atoms with Crippen molar-refractivity contribution in [2.45, 2.75) is 32.2 Å². The fourth-order valence-electron chi connectivity index (χ4n) is 2.59. The van der Waals surface area contributed by atoms with Gasteiger partial charge in [-0.05, 0) is 43.1 Å². The molecule has 0 radical (unpaired) electrons. The summed E-state index contributed by atoms with van der Waals surface area (Å²) in [6, 6.07) is 12.5. The van der Waals surface area contributed by atoms with Gasteiger partial charge in [0.15, 0.2) is 0 Å². The van der Waals surface area contributed by atoms with Crippen LogP contribution >= 0.6 is 0 Å². The van der Waals surface area contributed by atoms with E-state index in [1.54, 1.807) is 0 Å². The number of unbranched alkanes of at least 4 members (excludes halogenated alkanes) is 1. The largest absolute Gasteiger partial charge is 0.494 e. The van der Waals surface area contributed by atoms with E-state index in [1.165, 1.54) is 10.8 Å². The predicted octanol–water partition coefficient (Wildman–Crippen LogP) is 3.37. The van der Waals surface area contributed by atoms with Crippen molar-refractivity contribution in [1.82, 2.24) is 0 Å². The first kappa shape index (κ1) is 14.8. The van der Waals surface area contributed by atoms with Crippen LogP contribution in [-0.4, -0.2) is 13.2 Å². The van der Waals surface area contributed by atoms with E-state index in [9.17, 15) is 0 Å². The summed E-state index contributed by atoms with van der Waals surface area (Å²) in [6.45, 7) is 3.38. The van der Waals surface area contributed by atoms with Gasteiger partial charge >= 0.3 is 0 Å². The summed E-state index contributed by atoms with van der Waals surface area (Å²) in [7, 11) is 0. The molecule has 3 heteroatoms. The minimum Gasteiger partial charge on any atom is -0.494 e. The smallest absolute Gasteiger partial charge is 0.124 e. The van der Waals surface area contributed by atoms with Crippen LogP contribution in [0.15, 0.2) is 36.4 Å². The Morgan fingerprint density at radius 3 is 2.65 bits per heavy atom. The predicted molar refractivity (Wildman–Crippen MR) is 85.0 cm³/mol. The maximum atomic E-state index is 6.41. The molecule has 2 aromatic carbocycles. The van der Waals surface area contributed by atoms with Crippen molar-refractivity contribution < 1.29 is 4.74 Å². The zero-order valence-corrected chi connectivity index (χ0v) is 12.1. The third-order valence-electron chi connectivity index (χ3n) is 3.57. The fourth-order valence-corrected chi connectivity index (χ4v) is 2.59. The molecular weight excluding hydrogens is 248 g/mol. The highest BCUT2D eigenvalue weighted by molar-refractivity contribution is 5.88. The van der Waals surface area contributed by atoms with E-state index in [-0.39, 0.29) is 6.04 Å². The Kier molecular flexibility index (Phi) is 5.39. The van der Waals surface area contributed by atoms with Gasteiger partial charge in [-0.3, -0.25) is 0 Å². The lowest BCUT2D eigenvalue weighted by Crippen LogP contribution is -2.13. The van der Waals surface area contributed by atoms with E-state index in [0.29, 0.717) is 6.61 Å². The van der Waals surface area contributed by atoms with Crippen molar-refractivity contribution in [3.05, 3.63) is 42.0 Å². The van der Waals surface area contributed by atoms with Crippen molar-refractivity contribution in [3.63, 3.8) is 0 Å². The summed E-state index contributed by atoms with van der Waals surface area (Å²) in [5, 5.41) is 2.40. The van der Waals surface area contributed by atoms with Crippen molar-refractivity contribution >= 4 is 10.8 Å². The number of benzene rings is 2. The topological polar surface area (TPSA) is 61.3 Å². The van der Waals surface area contributed by atoms with Gasteiger partial charge < -0.3 is 16.2 Å². The summed E-state index contributed by atoms with van der Waals surface area (Å²) in [5.74, 6) is 0.909. The van der Waals surface area contributed by atoms with Crippen molar-refractivity contribution in [2.24, 2.45) is 11.5 Å². The number of ether oxygens (including phenoxy) is 1. The first-order chi connectivity index (χ1) is 9.77. The highest BCUT2D eigenvalue weighted by Crippen LogP contribution is 2.34. The number of hydrogen-bond donors (Lipinski definition) is 2. The zero-order valence-electron chi connectivity index (χ0n) is 12.1. The van der Waals surface area contributed by atoms with Crippen LogP contribution in [0.5, 0.6) is 5.75 Å². The van der Waals surface area contributed by atoms with Gasteiger partial charge in [0.05, 0.1) is 6.61 Å². The molecule has 4 N–H and O–H groups in total. The SMILES string of the molecule is CCOc1ccc2ccccc2c1[C@@H](N)CCCCN. The lowest BCUT2D eigenvalue weighted by atomic mass is 9.95. The average molecular weight is 272 g/mol. The fraction of sp³-hybridized carbons (Fsp3) is 0.412. The molecule has 0 saturated heterocycles. The maximum Gasteiger partial charge on any atom is 0.124 e. The molecule has 0 heterocycles. The molecule has 0 amide bonds. The van der Waals surface area contributed by atoms with Crippen LogP contribution in [-0.2, 0) is 0 Å². The van der Waals surface area contributed by atoms with E-state index < -0.39 is 0 Å². The second kappa shape index (κ2) is 7.27. The summed E-state index contributed by atoms with van der Waals surface area (Å²) in [6.07, 6.45) is 3.00. The van der Waals surface area contributed by atoms with Gasteiger partial charge in [0, 0.05) is 11.6 Å². The van der Waals surface area contributed by atoms with E-state index in [4.69, 9.17) is 16.2 Å². The van der Waals surface area contributed by atoms with Crippen LogP contribution in [0.3, 0.4) is 0 Å². The normalized spacial score (nSPS) is 12.6. The molecule has 2 rings (SSSR count). The van der Waals surface area contributed by atoms with Gasteiger partial charge in [-0.2, -0.15) is 0 Å². The van der Waals surface area contributed by atoms with E-state index in [1.807, 2.05) is 25.1 Å². The summed E-state index contributed by atoms with van der Waals surface area (Å²) in [5.41, 5.74) is 13.1. The molecule has 0 unspecified atom stereocenters. The molecule has 20 heavy (non-hydrogen) atoms. The Morgan fingerprint density at radius 1 is 1.10 bits per heavy atom. The molecule has 2 aromatic rings. The van der Waals surface area contributed by atoms with Crippen molar-refractivity contribution in [3.8, 4) is 5.75 Å². The van der Waals surface area contributed by atoms with Gasteiger partial charge in [0.1, 0.15) is 5.75 Å². The molecular formula is C17H24N2O. The number of fused-ring (bicyclic) bond motifs is 1. The zero-order chi connectivity index (χ0) is 14.4. The summed E-state index contributed by atoms with van der Waals surface area (Å²) in [4.78, 5) is 0. The van der Waals surface area contributed by atoms with Gasteiger partial charge in [0.2, 0.25) is 0 Å². The van der Waals surface area contributed by atoms with Crippen LogP contribution < -0.4 is 16.2 Å². The molecule has 0 spiro atoms. The lowest BCUT2D eigenvalue weighted by Gasteiger charge is -2.19. The van der Waals surface area contributed by atoms with Crippen LogP contribution in [0.1, 0.15) is 37.8 Å². The number of rotatable bonds is 7. The molecule has 0 aliphatic heterocycles.